The molecule has 0 bridgehead atoms. The Balaban J connectivity index is 2.26. The van der Waals surface area contributed by atoms with E-state index in [2.05, 4.69) is 18.0 Å². The monoisotopic (exact) mass is 176 g/mol. The molecule has 0 saturated heterocycles. The molecule has 0 aliphatic heterocycles. The Kier molecular flexibility index (Phi) is 2.08. The molecular formula is C11H16N2. The molecule has 2 atom stereocenters. The summed E-state index contributed by atoms with van der Waals surface area (Å²) in [6.07, 6.45) is 7.13. The summed E-state index contributed by atoms with van der Waals surface area (Å²) in [4.78, 5) is 4.12. The van der Waals surface area contributed by atoms with E-state index in [-0.39, 0.29) is 5.54 Å². The molecule has 1 aromatic heterocycles. The molecule has 0 spiro atoms. The molecule has 1 aliphatic carbocycles. The van der Waals surface area contributed by atoms with Crippen LogP contribution >= 0.6 is 0 Å². The van der Waals surface area contributed by atoms with Crippen molar-refractivity contribution >= 4 is 0 Å². The van der Waals surface area contributed by atoms with Crippen molar-refractivity contribution in [2.75, 3.05) is 0 Å². The van der Waals surface area contributed by atoms with Crippen LogP contribution in [0.25, 0.3) is 0 Å². The number of aromatic nitrogens is 1. The van der Waals surface area contributed by atoms with Gasteiger partial charge in [0, 0.05) is 17.9 Å². The lowest BCUT2D eigenvalue weighted by molar-refractivity contribution is 0.439. The van der Waals surface area contributed by atoms with Gasteiger partial charge < -0.3 is 5.73 Å². The first-order chi connectivity index (χ1) is 6.21. The molecule has 1 aromatic rings. The summed E-state index contributed by atoms with van der Waals surface area (Å²) in [6.45, 7) is 2.27. The number of hydrogen-bond acceptors (Lipinski definition) is 2. The molecule has 0 radical (unpaired) electrons. The lowest BCUT2D eigenvalue weighted by Crippen LogP contribution is -2.33. The smallest absolute Gasteiger partial charge is 0.0427 e. The van der Waals surface area contributed by atoms with Crippen LogP contribution in [0.4, 0.5) is 0 Å². The molecule has 1 aliphatic rings. The molecule has 2 unspecified atom stereocenters. The minimum absolute atomic E-state index is 0.103. The maximum atomic E-state index is 6.33. The predicted octanol–water partition coefficient (Wildman–Crippen LogP) is 2.06. The van der Waals surface area contributed by atoms with Gasteiger partial charge in [0.2, 0.25) is 0 Å². The van der Waals surface area contributed by atoms with Crippen LogP contribution in [0.1, 0.15) is 31.7 Å². The number of hydrogen-bond donors (Lipinski definition) is 1. The highest BCUT2D eigenvalue weighted by Gasteiger charge is 2.35. The third-order valence-corrected chi connectivity index (χ3v) is 3.03. The third-order valence-electron chi connectivity index (χ3n) is 3.03. The van der Waals surface area contributed by atoms with Crippen LogP contribution in [-0.4, -0.2) is 4.98 Å². The van der Waals surface area contributed by atoms with E-state index in [1.165, 1.54) is 12.0 Å². The zero-order chi connectivity index (χ0) is 9.31. The Hall–Kier alpha value is -0.890. The Morgan fingerprint density at radius 2 is 2.46 bits per heavy atom. The first-order valence-corrected chi connectivity index (χ1v) is 4.90. The van der Waals surface area contributed by atoms with Crippen molar-refractivity contribution in [3.05, 3.63) is 30.1 Å². The SMILES string of the molecule is CC1CCC(N)(c2cccnc2)C1. The molecule has 1 heterocycles. The van der Waals surface area contributed by atoms with E-state index >= 15 is 0 Å². The van der Waals surface area contributed by atoms with E-state index in [4.69, 9.17) is 5.73 Å². The molecule has 2 rings (SSSR count). The first kappa shape index (κ1) is 8.70. The molecular weight excluding hydrogens is 160 g/mol. The van der Waals surface area contributed by atoms with Crippen molar-refractivity contribution in [3.63, 3.8) is 0 Å². The fourth-order valence-corrected chi connectivity index (χ4v) is 2.25. The van der Waals surface area contributed by atoms with Gasteiger partial charge in [-0.3, -0.25) is 4.98 Å². The number of rotatable bonds is 1. The Labute approximate surface area is 79.2 Å². The largest absolute Gasteiger partial charge is 0.321 e. The van der Waals surface area contributed by atoms with E-state index in [1.54, 1.807) is 6.20 Å². The topological polar surface area (TPSA) is 38.9 Å². The quantitative estimate of drug-likeness (QED) is 0.711. The molecule has 13 heavy (non-hydrogen) atoms. The number of nitrogens with zero attached hydrogens (tertiary/aromatic N) is 1. The summed E-state index contributed by atoms with van der Waals surface area (Å²) in [5, 5.41) is 0. The van der Waals surface area contributed by atoms with Crippen molar-refractivity contribution in [1.82, 2.24) is 4.98 Å². The second-order valence-electron chi connectivity index (χ2n) is 4.25. The van der Waals surface area contributed by atoms with Crippen LogP contribution < -0.4 is 5.73 Å². The zero-order valence-electron chi connectivity index (χ0n) is 8.03. The summed E-state index contributed by atoms with van der Waals surface area (Å²) in [7, 11) is 0. The highest BCUT2D eigenvalue weighted by Crippen LogP contribution is 2.39. The zero-order valence-corrected chi connectivity index (χ0v) is 8.03. The predicted molar refractivity (Wildman–Crippen MR) is 53.1 cm³/mol. The second kappa shape index (κ2) is 3.11. The van der Waals surface area contributed by atoms with Gasteiger partial charge in [0.25, 0.3) is 0 Å². The second-order valence-corrected chi connectivity index (χ2v) is 4.25. The molecule has 1 saturated carbocycles. The molecule has 2 nitrogen and oxygen atoms in total. The minimum atomic E-state index is -0.103. The molecule has 0 amide bonds. The Morgan fingerprint density at radius 1 is 1.62 bits per heavy atom. The molecule has 2 heteroatoms. The highest BCUT2D eigenvalue weighted by molar-refractivity contribution is 5.21. The average Bonchev–Trinajstić information content (AvgIpc) is 2.49. The number of pyridine rings is 1. The van der Waals surface area contributed by atoms with Gasteiger partial charge >= 0.3 is 0 Å². The van der Waals surface area contributed by atoms with Gasteiger partial charge in [-0.15, -0.1) is 0 Å². The first-order valence-electron chi connectivity index (χ1n) is 4.90. The lowest BCUT2D eigenvalue weighted by Gasteiger charge is -2.23. The maximum absolute atomic E-state index is 6.33. The van der Waals surface area contributed by atoms with Crippen LogP contribution in [0.2, 0.25) is 0 Å². The van der Waals surface area contributed by atoms with Crippen LogP contribution in [0, 0.1) is 5.92 Å². The molecule has 1 fully saturated rings. The minimum Gasteiger partial charge on any atom is -0.321 e. The van der Waals surface area contributed by atoms with Crippen molar-refractivity contribution in [3.8, 4) is 0 Å². The van der Waals surface area contributed by atoms with Gasteiger partial charge in [-0.25, -0.2) is 0 Å². The Morgan fingerprint density at radius 3 is 3.00 bits per heavy atom. The third kappa shape index (κ3) is 1.59. The van der Waals surface area contributed by atoms with Crippen LogP contribution in [0.15, 0.2) is 24.5 Å². The van der Waals surface area contributed by atoms with Crippen molar-refractivity contribution in [1.29, 1.82) is 0 Å². The average molecular weight is 176 g/mol. The lowest BCUT2D eigenvalue weighted by atomic mass is 9.90. The highest BCUT2D eigenvalue weighted by atomic mass is 14.8. The van der Waals surface area contributed by atoms with E-state index in [0.29, 0.717) is 0 Å². The summed E-state index contributed by atoms with van der Waals surface area (Å²) in [6, 6.07) is 4.05. The van der Waals surface area contributed by atoms with E-state index in [1.807, 2.05) is 12.3 Å². The van der Waals surface area contributed by atoms with Crippen LogP contribution in [0.5, 0.6) is 0 Å². The van der Waals surface area contributed by atoms with Crippen molar-refractivity contribution in [2.45, 2.75) is 31.7 Å². The van der Waals surface area contributed by atoms with Crippen LogP contribution in [-0.2, 0) is 5.54 Å². The van der Waals surface area contributed by atoms with Crippen molar-refractivity contribution < 1.29 is 0 Å². The normalized spacial score (nSPS) is 33.5. The van der Waals surface area contributed by atoms with Gasteiger partial charge in [0.15, 0.2) is 0 Å². The maximum Gasteiger partial charge on any atom is 0.0427 e. The fourth-order valence-electron chi connectivity index (χ4n) is 2.25. The summed E-state index contributed by atoms with van der Waals surface area (Å²) < 4.78 is 0. The van der Waals surface area contributed by atoms with E-state index in [9.17, 15) is 0 Å². The van der Waals surface area contributed by atoms with Gasteiger partial charge in [0.05, 0.1) is 0 Å². The fraction of sp³-hybridized carbons (Fsp3) is 0.545. The summed E-state index contributed by atoms with van der Waals surface area (Å²) in [5.74, 6) is 0.755. The van der Waals surface area contributed by atoms with Gasteiger partial charge in [-0.1, -0.05) is 13.0 Å². The van der Waals surface area contributed by atoms with Crippen LogP contribution in [0.3, 0.4) is 0 Å². The standard InChI is InChI=1S/C11H16N2/c1-9-4-5-11(12,7-9)10-3-2-6-13-8-10/h2-3,6,8-9H,4-5,7,12H2,1H3. The number of nitrogens with two attached hydrogens (primary N) is 1. The molecule has 70 valence electrons. The van der Waals surface area contributed by atoms with Crippen molar-refractivity contribution in [2.24, 2.45) is 11.7 Å². The van der Waals surface area contributed by atoms with E-state index in [0.717, 1.165) is 18.8 Å². The molecule has 0 aromatic carbocycles. The van der Waals surface area contributed by atoms with E-state index < -0.39 is 0 Å². The van der Waals surface area contributed by atoms with Gasteiger partial charge in [-0.05, 0) is 36.8 Å². The Bertz CT molecular complexity index is 283. The van der Waals surface area contributed by atoms with Gasteiger partial charge in [-0.2, -0.15) is 0 Å². The molecule has 2 N–H and O–H groups in total. The van der Waals surface area contributed by atoms with Gasteiger partial charge in [0.1, 0.15) is 0 Å². The summed E-state index contributed by atoms with van der Waals surface area (Å²) >= 11 is 0. The summed E-state index contributed by atoms with van der Waals surface area (Å²) in [5.41, 5.74) is 7.42.